The lowest BCUT2D eigenvalue weighted by molar-refractivity contribution is 0.133. The van der Waals surface area contributed by atoms with E-state index < -0.39 is 11.9 Å². The van der Waals surface area contributed by atoms with Crippen molar-refractivity contribution < 1.29 is 19.0 Å². The van der Waals surface area contributed by atoms with E-state index in [9.17, 15) is 14.3 Å². The number of benzene rings is 1. The Balaban J connectivity index is 1.52. The third kappa shape index (κ3) is 6.36. The Kier molecular flexibility index (Phi) is 7.81. The molecular weight excluding hydrogens is 441 g/mol. The molecule has 184 valence electrons. The summed E-state index contributed by atoms with van der Waals surface area (Å²) < 4.78 is 19.2. The number of halogens is 1. The number of anilines is 4. The minimum atomic E-state index is -0.897. The van der Waals surface area contributed by atoms with Crippen LogP contribution in [0.1, 0.15) is 51.4 Å². The third-order valence-electron chi connectivity index (χ3n) is 6.33. The highest BCUT2D eigenvalue weighted by atomic mass is 19.1. The highest BCUT2D eigenvalue weighted by Gasteiger charge is 2.23. The second-order valence-corrected chi connectivity index (χ2v) is 8.80. The predicted octanol–water partition coefficient (Wildman–Crippen LogP) is 4.45. The zero-order chi connectivity index (χ0) is 23.9. The molecule has 2 aliphatic rings. The Hall–Kier alpha value is -3.37. The number of hydrogen-bond donors (Lipinski definition) is 4. The van der Waals surface area contributed by atoms with Gasteiger partial charge in [-0.3, -0.25) is 0 Å². The number of piperidine rings is 1. The molecule has 0 radical (unpaired) electrons. The van der Waals surface area contributed by atoms with Gasteiger partial charge in [-0.1, -0.05) is 25.7 Å². The van der Waals surface area contributed by atoms with E-state index in [4.69, 9.17) is 4.74 Å². The predicted molar refractivity (Wildman–Crippen MR) is 127 cm³/mol. The molecule has 4 N–H and O–H groups in total. The Morgan fingerprint density at radius 1 is 0.971 bits per heavy atom. The summed E-state index contributed by atoms with van der Waals surface area (Å²) in [5, 5.41) is 19.0. The summed E-state index contributed by atoms with van der Waals surface area (Å²) in [6, 6.07) is 4.91. The minimum absolute atomic E-state index is 0.0509. The van der Waals surface area contributed by atoms with Gasteiger partial charge in [-0.05, 0) is 37.8 Å². The molecular formula is C23H32FN7O3. The van der Waals surface area contributed by atoms with Gasteiger partial charge >= 0.3 is 6.09 Å². The van der Waals surface area contributed by atoms with Crippen molar-refractivity contribution in [2.45, 2.75) is 63.5 Å². The van der Waals surface area contributed by atoms with Crippen LogP contribution in [0, 0.1) is 5.82 Å². The molecule has 11 heteroatoms. The Labute approximate surface area is 198 Å². The van der Waals surface area contributed by atoms with Crippen LogP contribution < -0.4 is 20.7 Å². The SMILES string of the molecule is COc1ccc(Nc2nc(NC3CCCCCC3)nc(NC3CCN(C(=O)O)CC3)n2)cc1F. The molecule has 1 saturated heterocycles. The van der Waals surface area contributed by atoms with Gasteiger partial charge in [0.1, 0.15) is 0 Å². The van der Waals surface area contributed by atoms with Crippen LogP contribution in [0.5, 0.6) is 5.75 Å². The van der Waals surface area contributed by atoms with Gasteiger partial charge in [-0.15, -0.1) is 0 Å². The van der Waals surface area contributed by atoms with Crippen LogP contribution in [0.2, 0.25) is 0 Å². The zero-order valence-corrected chi connectivity index (χ0v) is 19.4. The van der Waals surface area contributed by atoms with Crippen LogP contribution in [0.15, 0.2) is 18.2 Å². The maximum Gasteiger partial charge on any atom is 0.407 e. The van der Waals surface area contributed by atoms with Gasteiger partial charge in [0.15, 0.2) is 11.6 Å². The summed E-state index contributed by atoms with van der Waals surface area (Å²) in [5.74, 6) is 0.829. The number of likely N-dealkylation sites (tertiary alicyclic amines) is 1. The standard InChI is InChI=1S/C23H32FN7O3/c1-34-19-9-8-17(14-18(19)24)27-22-29-20(25-15-6-4-2-3-5-7-15)28-21(30-22)26-16-10-12-31(13-11-16)23(32)33/h8-9,14-16H,2-7,10-13H2,1H3,(H,32,33)(H3,25,26,27,28,29,30). The topological polar surface area (TPSA) is 125 Å². The summed E-state index contributed by atoms with van der Waals surface area (Å²) in [6.45, 7) is 0.920. The number of carboxylic acid groups (broad SMARTS) is 1. The molecule has 1 aromatic carbocycles. The average Bonchev–Trinajstić information content (AvgIpc) is 3.08. The first-order chi connectivity index (χ1) is 16.5. The summed E-state index contributed by atoms with van der Waals surface area (Å²) in [7, 11) is 1.42. The van der Waals surface area contributed by atoms with E-state index in [-0.39, 0.29) is 11.8 Å². The van der Waals surface area contributed by atoms with Gasteiger partial charge in [0.25, 0.3) is 0 Å². The summed E-state index contributed by atoms with van der Waals surface area (Å²) in [4.78, 5) is 26.2. The fraction of sp³-hybridized carbons (Fsp3) is 0.565. The largest absolute Gasteiger partial charge is 0.494 e. The lowest BCUT2D eigenvalue weighted by Crippen LogP contribution is -2.42. The molecule has 1 amide bonds. The van der Waals surface area contributed by atoms with Crippen LogP contribution in [0.3, 0.4) is 0 Å². The highest BCUT2D eigenvalue weighted by Crippen LogP contribution is 2.25. The first-order valence-electron chi connectivity index (χ1n) is 11.9. The maximum absolute atomic E-state index is 14.2. The van der Waals surface area contributed by atoms with Crippen LogP contribution in [-0.4, -0.2) is 63.3 Å². The molecule has 10 nitrogen and oxygen atoms in total. The third-order valence-corrected chi connectivity index (χ3v) is 6.33. The van der Waals surface area contributed by atoms with Gasteiger partial charge in [-0.2, -0.15) is 15.0 Å². The molecule has 1 saturated carbocycles. The van der Waals surface area contributed by atoms with Crippen LogP contribution >= 0.6 is 0 Å². The molecule has 0 bridgehead atoms. The van der Waals surface area contributed by atoms with Crippen LogP contribution in [-0.2, 0) is 0 Å². The number of ether oxygens (including phenoxy) is 1. The Bertz CT molecular complexity index is 977. The summed E-state index contributed by atoms with van der Waals surface area (Å²) >= 11 is 0. The van der Waals surface area contributed by atoms with Gasteiger partial charge in [0.05, 0.1) is 7.11 Å². The normalized spacial score (nSPS) is 17.6. The van der Waals surface area contributed by atoms with E-state index in [1.807, 2.05) is 0 Å². The number of amides is 1. The number of carbonyl (C=O) groups is 1. The summed E-state index contributed by atoms with van der Waals surface area (Å²) in [6.07, 6.45) is 7.39. The fourth-order valence-corrected chi connectivity index (χ4v) is 4.44. The lowest BCUT2D eigenvalue weighted by atomic mass is 10.1. The van der Waals surface area contributed by atoms with Crippen molar-refractivity contribution in [2.75, 3.05) is 36.1 Å². The van der Waals surface area contributed by atoms with E-state index in [0.717, 1.165) is 12.8 Å². The number of hydrogen-bond acceptors (Lipinski definition) is 8. The molecule has 0 unspecified atom stereocenters. The molecule has 1 aromatic heterocycles. The molecule has 4 rings (SSSR count). The number of methoxy groups -OCH3 is 1. The van der Waals surface area contributed by atoms with E-state index in [1.54, 1.807) is 12.1 Å². The van der Waals surface area contributed by atoms with E-state index in [1.165, 1.54) is 43.8 Å². The van der Waals surface area contributed by atoms with Crippen LogP contribution in [0.4, 0.5) is 32.7 Å². The van der Waals surface area contributed by atoms with Gasteiger partial charge in [0, 0.05) is 36.9 Å². The van der Waals surface area contributed by atoms with Gasteiger partial charge < -0.3 is 30.7 Å². The van der Waals surface area contributed by atoms with Crippen molar-refractivity contribution in [2.24, 2.45) is 0 Å². The first kappa shape index (κ1) is 23.8. The van der Waals surface area contributed by atoms with Gasteiger partial charge in [-0.25, -0.2) is 9.18 Å². The van der Waals surface area contributed by atoms with Crippen molar-refractivity contribution in [1.82, 2.24) is 19.9 Å². The van der Waals surface area contributed by atoms with Crippen molar-refractivity contribution in [3.05, 3.63) is 24.0 Å². The molecule has 2 fully saturated rings. The van der Waals surface area contributed by atoms with Crippen LogP contribution in [0.25, 0.3) is 0 Å². The minimum Gasteiger partial charge on any atom is -0.494 e. The number of nitrogens with one attached hydrogen (secondary N) is 3. The average molecular weight is 474 g/mol. The highest BCUT2D eigenvalue weighted by molar-refractivity contribution is 5.65. The quantitative estimate of drug-likeness (QED) is 0.432. The summed E-state index contributed by atoms with van der Waals surface area (Å²) in [5.41, 5.74) is 0.491. The number of nitrogens with zero attached hydrogens (tertiary/aromatic N) is 4. The van der Waals surface area contributed by atoms with E-state index in [2.05, 4.69) is 30.9 Å². The Morgan fingerprint density at radius 2 is 1.56 bits per heavy atom. The molecule has 2 heterocycles. The smallest absolute Gasteiger partial charge is 0.407 e. The lowest BCUT2D eigenvalue weighted by Gasteiger charge is -2.30. The fourth-order valence-electron chi connectivity index (χ4n) is 4.44. The monoisotopic (exact) mass is 473 g/mol. The molecule has 34 heavy (non-hydrogen) atoms. The molecule has 1 aliphatic heterocycles. The van der Waals surface area contributed by atoms with Crippen molar-refractivity contribution >= 4 is 29.6 Å². The maximum atomic E-state index is 14.2. The Morgan fingerprint density at radius 3 is 2.12 bits per heavy atom. The molecule has 0 spiro atoms. The first-order valence-corrected chi connectivity index (χ1v) is 11.9. The van der Waals surface area contributed by atoms with E-state index in [0.29, 0.717) is 55.5 Å². The zero-order valence-electron chi connectivity index (χ0n) is 19.4. The van der Waals surface area contributed by atoms with Crippen molar-refractivity contribution in [1.29, 1.82) is 0 Å². The number of rotatable bonds is 7. The molecule has 2 aromatic rings. The van der Waals surface area contributed by atoms with Crippen molar-refractivity contribution in [3.63, 3.8) is 0 Å². The van der Waals surface area contributed by atoms with Crippen molar-refractivity contribution in [3.8, 4) is 5.75 Å². The van der Waals surface area contributed by atoms with Gasteiger partial charge in [0.2, 0.25) is 17.8 Å². The second-order valence-electron chi connectivity index (χ2n) is 8.80. The van der Waals surface area contributed by atoms with E-state index >= 15 is 0 Å². The second kappa shape index (κ2) is 11.2. The number of aromatic nitrogens is 3. The molecule has 0 atom stereocenters. The molecule has 1 aliphatic carbocycles.